The minimum absolute atomic E-state index is 0.419. The van der Waals surface area contributed by atoms with Crippen molar-refractivity contribution in [2.75, 3.05) is 32.8 Å². The Balaban J connectivity index is 1.57. The minimum atomic E-state index is 0.419. The molecular weight excluding hydrogens is 250 g/mol. The summed E-state index contributed by atoms with van der Waals surface area (Å²) in [6.07, 6.45) is 6.48. The summed E-state index contributed by atoms with van der Waals surface area (Å²) >= 11 is 0. The van der Waals surface area contributed by atoms with Crippen molar-refractivity contribution in [3.63, 3.8) is 0 Å². The van der Waals surface area contributed by atoms with Crippen molar-refractivity contribution in [1.29, 1.82) is 0 Å². The first-order valence-electron chi connectivity index (χ1n) is 8.40. The summed E-state index contributed by atoms with van der Waals surface area (Å²) in [4.78, 5) is 7.20. The SMILES string of the molecule is CCCC1CC1NC(=NCC)N1CCC2(CCOC2)C1. The van der Waals surface area contributed by atoms with Gasteiger partial charge in [0.05, 0.1) is 6.61 Å². The third-order valence-electron chi connectivity index (χ3n) is 5.13. The van der Waals surface area contributed by atoms with Gasteiger partial charge in [-0.05, 0) is 38.5 Å². The second-order valence-electron chi connectivity index (χ2n) is 6.81. The Hall–Kier alpha value is -0.770. The van der Waals surface area contributed by atoms with Crippen LogP contribution in [0.25, 0.3) is 0 Å². The van der Waals surface area contributed by atoms with E-state index >= 15 is 0 Å². The summed E-state index contributed by atoms with van der Waals surface area (Å²) in [5.41, 5.74) is 0.419. The molecule has 2 heterocycles. The van der Waals surface area contributed by atoms with E-state index in [-0.39, 0.29) is 0 Å². The van der Waals surface area contributed by atoms with Crippen LogP contribution in [0.5, 0.6) is 0 Å². The van der Waals surface area contributed by atoms with Gasteiger partial charge in [-0.3, -0.25) is 4.99 Å². The van der Waals surface area contributed by atoms with Crippen molar-refractivity contribution < 1.29 is 4.74 Å². The molecule has 2 aliphatic heterocycles. The lowest BCUT2D eigenvalue weighted by molar-refractivity contribution is 0.156. The number of ether oxygens (including phenoxy) is 1. The molecule has 0 aromatic heterocycles. The van der Waals surface area contributed by atoms with Crippen LogP contribution in [0, 0.1) is 11.3 Å². The number of nitrogens with zero attached hydrogens (tertiary/aromatic N) is 2. The highest BCUT2D eigenvalue weighted by atomic mass is 16.5. The Bertz CT molecular complexity index is 363. The number of likely N-dealkylation sites (tertiary alicyclic amines) is 1. The van der Waals surface area contributed by atoms with Gasteiger partial charge in [0.15, 0.2) is 5.96 Å². The summed E-state index contributed by atoms with van der Waals surface area (Å²) in [7, 11) is 0. The Morgan fingerprint density at radius 3 is 3.00 bits per heavy atom. The van der Waals surface area contributed by atoms with Crippen LogP contribution in [0.15, 0.2) is 4.99 Å². The zero-order chi connectivity index (χ0) is 14.0. The van der Waals surface area contributed by atoms with Crippen molar-refractivity contribution in [3.05, 3.63) is 0 Å². The van der Waals surface area contributed by atoms with Crippen molar-refractivity contribution in [1.82, 2.24) is 10.2 Å². The number of aliphatic imine (C=N–C) groups is 1. The first-order valence-corrected chi connectivity index (χ1v) is 8.40. The Morgan fingerprint density at radius 1 is 1.40 bits per heavy atom. The maximum atomic E-state index is 5.63. The van der Waals surface area contributed by atoms with E-state index in [1.807, 2.05) is 0 Å². The number of rotatable bonds is 4. The standard InChI is InChI=1S/C16H29N3O/c1-3-5-13-10-14(13)18-15(17-4-2)19-8-6-16(11-19)7-9-20-12-16/h13-14H,3-12H2,1-2H3,(H,17,18). The topological polar surface area (TPSA) is 36.9 Å². The highest BCUT2D eigenvalue weighted by Gasteiger charge is 2.44. The van der Waals surface area contributed by atoms with E-state index in [0.717, 1.165) is 44.7 Å². The van der Waals surface area contributed by atoms with Crippen LogP contribution in [-0.4, -0.2) is 49.7 Å². The molecule has 4 heteroatoms. The van der Waals surface area contributed by atoms with Gasteiger partial charge < -0.3 is 15.0 Å². The molecule has 1 saturated carbocycles. The first kappa shape index (κ1) is 14.2. The average Bonchev–Trinajstić information content (AvgIpc) is 2.89. The molecule has 3 aliphatic rings. The van der Waals surface area contributed by atoms with Crippen LogP contribution in [-0.2, 0) is 4.74 Å². The molecule has 1 N–H and O–H groups in total. The van der Waals surface area contributed by atoms with Gasteiger partial charge >= 0.3 is 0 Å². The van der Waals surface area contributed by atoms with Crippen molar-refractivity contribution in [2.45, 2.75) is 52.0 Å². The molecule has 0 bridgehead atoms. The van der Waals surface area contributed by atoms with E-state index in [2.05, 4.69) is 24.1 Å². The molecule has 3 atom stereocenters. The molecule has 2 saturated heterocycles. The fourth-order valence-corrected chi connectivity index (χ4v) is 3.75. The fourth-order valence-electron chi connectivity index (χ4n) is 3.75. The summed E-state index contributed by atoms with van der Waals surface area (Å²) in [6.45, 7) is 9.44. The molecule has 1 aliphatic carbocycles. The molecule has 114 valence electrons. The van der Waals surface area contributed by atoms with Gasteiger partial charge in [0.1, 0.15) is 0 Å². The summed E-state index contributed by atoms with van der Waals surface area (Å²) in [6, 6.07) is 0.677. The predicted molar refractivity (Wildman–Crippen MR) is 82.0 cm³/mol. The molecule has 1 spiro atoms. The minimum Gasteiger partial charge on any atom is -0.381 e. The third kappa shape index (κ3) is 2.95. The van der Waals surface area contributed by atoms with E-state index in [0.29, 0.717) is 11.5 Å². The van der Waals surface area contributed by atoms with Crippen LogP contribution < -0.4 is 5.32 Å². The van der Waals surface area contributed by atoms with Crippen LogP contribution in [0.4, 0.5) is 0 Å². The van der Waals surface area contributed by atoms with Gasteiger partial charge in [0.2, 0.25) is 0 Å². The van der Waals surface area contributed by atoms with Crippen molar-refractivity contribution in [2.24, 2.45) is 16.3 Å². The molecule has 0 aromatic carbocycles. The molecule has 0 aromatic rings. The molecular formula is C16H29N3O. The van der Waals surface area contributed by atoms with Gasteiger partial charge in [-0.1, -0.05) is 13.3 Å². The van der Waals surface area contributed by atoms with Gasteiger partial charge in [-0.15, -0.1) is 0 Å². The molecule has 0 amide bonds. The normalized spacial score (nSPS) is 36.9. The largest absolute Gasteiger partial charge is 0.381 e. The Labute approximate surface area is 123 Å². The van der Waals surface area contributed by atoms with Gasteiger partial charge in [0.25, 0.3) is 0 Å². The summed E-state index contributed by atoms with van der Waals surface area (Å²) in [5.74, 6) is 2.04. The van der Waals surface area contributed by atoms with E-state index in [4.69, 9.17) is 9.73 Å². The highest BCUT2D eigenvalue weighted by molar-refractivity contribution is 5.81. The van der Waals surface area contributed by atoms with Gasteiger partial charge in [0, 0.05) is 37.7 Å². The third-order valence-corrected chi connectivity index (χ3v) is 5.13. The smallest absolute Gasteiger partial charge is 0.194 e. The maximum Gasteiger partial charge on any atom is 0.194 e. The molecule has 3 rings (SSSR count). The van der Waals surface area contributed by atoms with Gasteiger partial charge in [-0.2, -0.15) is 0 Å². The molecule has 3 unspecified atom stereocenters. The molecule has 4 nitrogen and oxygen atoms in total. The summed E-state index contributed by atoms with van der Waals surface area (Å²) < 4.78 is 5.63. The van der Waals surface area contributed by atoms with E-state index < -0.39 is 0 Å². The molecule has 20 heavy (non-hydrogen) atoms. The van der Waals surface area contributed by atoms with Crippen LogP contribution in [0.3, 0.4) is 0 Å². The number of hydrogen-bond donors (Lipinski definition) is 1. The van der Waals surface area contributed by atoms with Crippen LogP contribution >= 0.6 is 0 Å². The van der Waals surface area contributed by atoms with E-state index in [1.54, 1.807) is 0 Å². The van der Waals surface area contributed by atoms with Gasteiger partial charge in [-0.25, -0.2) is 0 Å². The van der Waals surface area contributed by atoms with E-state index in [9.17, 15) is 0 Å². The number of guanidine groups is 1. The van der Waals surface area contributed by atoms with E-state index in [1.165, 1.54) is 32.1 Å². The second kappa shape index (κ2) is 5.92. The summed E-state index contributed by atoms with van der Waals surface area (Å²) in [5, 5.41) is 3.71. The zero-order valence-corrected chi connectivity index (χ0v) is 13.0. The quantitative estimate of drug-likeness (QED) is 0.633. The lowest BCUT2D eigenvalue weighted by atomic mass is 9.87. The maximum absolute atomic E-state index is 5.63. The Kier molecular flexibility index (Phi) is 4.20. The predicted octanol–water partition coefficient (Wildman–Crippen LogP) is 2.25. The molecule has 0 radical (unpaired) electrons. The highest BCUT2D eigenvalue weighted by Crippen LogP contribution is 2.39. The average molecular weight is 279 g/mol. The molecule has 3 fully saturated rings. The number of hydrogen-bond acceptors (Lipinski definition) is 2. The van der Waals surface area contributed by atoms with Crippen molar-refractivity contribution in [3.8, 4) is 0 Å². The zero-order valence-electron chi connectivity index (χ0n) is 13.0. The lowest BCUT2D eigenvalue weighted by Crippen LogP contribution is -2.43. The Morgan fingerprint density at radius 2 is 2.30 bits per heavy atom. The second-order valence-corrected chi connectivity index (χ2v) is 6.81. The van der Waals surface area contributed by atoms with Crippen LogP contribution in [0.2, 0.25) is 0 Å². The van der Waals surface area contributed by atoms with Crippen molar-refractivity contribution >= 4 is 5.96 Å². The monoisotopic (exact) mass is 279 g/mol. The van der Waals surface area contributed by atoms with Crippen LogP contribution in [0.1, 0.15) is 46.0 Å². The lowest BCUT2D eigenvalue weighted by Gasteiger charge is -2.25. The fraction of sp³-hybridized carbons (Fsp3) is 0.938. The first-order chi connectivity index (χ1) is 9.76. The number of nitrogens with one attached hydrogen (secondary N) is 1.